The van der Waals surface area contributed by atoms with Gasteiger partial charge in [0.15, 0.2) is 5.65 Å². The minimum absolute atomic E-state index is 0.153. The smallest absolute Gasteiger partial charge is 0.410 e. The Bertz CT molecular complexity index is 1410. The van der Waals surface area contributed by atoms with E-state index in [4.69, 9.17) is 14.5 Å². The second-order valence-electron chi connectivity index (χ2n) is 12.2. The van der Waals surface area contributed by atoms with E-state index in [1.807, 2.05) is 13.1 Å². The van der Waals surface area contributed by atoms with Crippen LogP contribution < -0.4 is 16.0 Å². The predicted octanol–water partition coefficient (Wildman–Crippen LogP) is 3.29. The van der Waals surface area contributed by atoms with Crippen LogP contribution >= 0.6 is 0 Å². The number of carbonyl (C=O) groups excluding carboxylic acids is 3. The minimum Gasteiger partial charge on any atom is -0.444 e. The van der Waals surface area contributed by atoms with Gasteiger partial charge in [0.1, 0.15) is 23.1 Å². The summed E-state index contributed by atoms with van der Waals surface area (Å²) in [5, 5.41) is 20.0. The SMILES string of the molecule is CNc1cc([C@H]2CC[C@@H](C(=O)NCCNC(=O)OC(C)(C)C)N(C(=O)OC(C)(C)C)C2)nc2c(-c3cn[nH]c3)cnn12. The summed E-state index contributed by atoms with van der Waals surface area (Å²) < 4.78 is 12.6. The Labute approximate surface area is 244 Å². The molecule has 228 valence electrons. The molecule has 4 rings (SSSR count). The number of anilines is 1. The van der Waals surface area contributed by atoms with Gasteiger partial charge in [0.2, 0.25) is 5.91 Å². The van der Waals surface area contributed by atoms with Crippen molar-refractivity contribution in [1.82, 2.24) is 40.3 Å². The molecule has 0 bridgehead atoms. The van der Waals surface area contributed by atoms with Gasteiger partial charge in [-0.2, -0.15) is 14.7 Å². The molecule has 42 heavy (non-hydrogen) atoms. The van der Waals surface area contributed by atoms with E-state index in [1.165, 1.54) is 4.90 Å². The Balaban J connectivity index is 1.52. The topological polar surface area (TPSA) is 168 Å². The predicted molar refractivity (Wildman–Crippen MR) is 156 cm³/mol. The van der Waals surface area contributed by atoms with Gasteiger partial charge in [0.05, 0.1) is 18.1 Å². The third-order valence-corrected chi connectivity index (χ3v) is 6.58. The molecule has 14 nitrogen and oxygen atoms in total. The molecular formula is C28H41N9O5. The van der Waals surface area contributed by atoms with Crippen molar-refractivity contribution in [1.29, 1.82) is 0 Å². The van der Waals surface area contributed by atoms with Crippen LogP contribution in [0.1, 0.15) is 66.0 Å². The summed E-state index contributed by atoms with van der Waals surface area (Å²) in [6.45, 7) is 11.3. The largest absolute Gasteiger partial charge is 0.444 e. The fraction of sp³-hybridized carbons (Fsp3) is 0.571. The number of hydrogen-bond acceptors (Lipinski definition) is 9. The molecule has 2 atom stereocenters. The first-order valence-corrected chi connectivity index (χ1v) is 14.1. The molecule has 3 amide bonds. The summed E-state index contributed by atoms with van der Waals surface area (Å²) in [6, 6.07) is 1.18. The quantitative estimate of drug-likeness (QED) is 0.305. The highest BCUT2D eigenvalue weighted by Gasteiger charge is 2.39. The van der Waals surface area contributed by atoms with Crippen LogP contribution in [0.5, 0.6) is 0 Å². The normalized spacial score (nSPS) is 17.5. The number of nitrogens with zero attached hydrogens (tertiary/aromatic N) is 5. The van der Waals surface area contributed by atoms with Crippen molar-refractivity contribution in [3.63, 3.8) is 0 Å². The molecule has 0 unspecified atom stereocenters. The minimum atomic E-state index is -0.740. The van der Waals surface area contributed by atoms with Gasteiger partial charge >= 0.3 is 12.2 Å². The summed E-state index contributed by atoms with van der Waals surface area (Å²) >= 11 is 0. The van der Waals surface area contributed by atoms with Gasteiger partial charge in [-0.25, -0.2) is 14.6 Å². The van der Waals surface area contributed by atoms with E-state index in [1.54, 1.807) is 64.6 Å². The number of rotatable bonds is 7. The van der Waals surface area contributed by atoms with Crippen LogP contribution in [0.3, 0.4) is 0 Å². The van der Waals surface area contributed by atoms with Gasteiger partial charge in [-0.05, 0) is 54.4 Å². The third kappa shape index (κ3) is 7.47. The van der Waals surface area contributed by atoms with Gasteiger partial charge in [-0.1, -0.05) is 0 Å². The Hall–Kier alpha value is -4.36. The molecule has 1 aliphatic heterocycles. The average Bonchev–Trinajstić information content (AvgIpc) is 3.58. The van der Waals surface area contributed by atoms with E-state index in [9.17, 15) is 14.4 Å². The van der Waals surface area contributed by atoms with Crippen molar-refractivity contribution >= 4 is 29.6 Å². The number of piperidine rings is 1. The van der Waals surface area contributed by atoms with Crippen molar-refractivity contribution in [3.05, 3.63) is 30.4 Å². The molecule has 14 heteroatoms. The summed E-state index contributed by atoms with van der Waals surface area (Å²) in [5.41, 5.74) is 1.74. The second-order valence-corrected chi connectivity index (χ2v) is 12.2. The number of amides is 3. The molecule has 1 saturated heterocycles. The maximum Gasteiger partial charge on any atom is 0.410 e. The maximum atomic E-state index is 13.4. The lowest BCUT2D eigenvalue weighted by Crippen LogP contribution is -2.55. The Morgan fingerprint density at radius 2 is 1.74 bits per heavy atom. The van der Waals surface area contributed by atoms with Crippen LogP contribution in [0.15, 0.2) is 24.7 Å². The molecule has 1 aliphatic rings. The number of nitrogens with one attached hydrogen (secondary N) is 4. The summed E-state index contributed by atoms with van der Waals surface area (Å²) in [4.78, 5) is 45.0. The number of aromatic nitrogens is 5. The Kier molecular flexibility index (Phi) is 8.92. The van der Waals surface area contributed by atoms with Gasteiger partial charge in [0, 0.05) is 56.0 Å². The highest BCUT2D eigenvalue weighted by atomic mass is 16.6. The lowest BCUT2D eigenvalue weighted by molar-refractivity contribution is -0.127. The van der Waals surface area contributed by atoms with E-state index in [-0.39, 0.29) is 31.5 Å². The molecule has 0 spiro atoms. The zero-order chi connectivity index (χ0) is 30.7. The first kappa shape index (κ1) is 30.6. The fourth-order valence-electron chi connectivity index (χ4n) is 4.76. The van der Waals surface area contributed by atoms with E-state index >= 15 is 0 Å². The number of carbonyl (C=O) groups is 3. The molecule has 3 aromatic rings. The van der Waals surface area contributed by atoms with Gasteiger partial charge in [-0.3, -0.25) is 14.8 Å². The number of alkyl carbamates (subject to hydrolysis) is 1. The van der Waals surface area contributed by atoms with E-state index < -0.39 is 29.4 Å². The first-order valence-electron chi connectivity index (χ1n) is 14.1. The van der Waals surface area contributed by atoms with Gasteiger partial charge in [-0.15, -0.1) is 0 Å². The molecule has 0 aliphatic carbocycles. The van der Waals surface area contributed by atoms with Crippen LogP contribution in [0.4, 0.5) is 15.4 Å². The van der Waals surface area contributed by atoms with Crippen molar-refractivity contribution in [2.75, 3.05) is 32.0 Å². The number of ether oxygens (including phenoxy) is 2. The molecule has 0 aromatic carbocycles. The first-order chi connectivity index (χ1) is 19.8. The van der Waals surface area contributed by atoms with Crippen LogP contribution in [0, 0.1) is 0 Å². The Morgan fingerprint density at radius 3 is 2.38 bits per heavy atom. The summed E-state index contributed by atoms with van der Waals surface area (Å²) in [7, 11) is 1.81. The summed E-state index contributed by atoms with van der Waals surface area (Å²) in [6.07, 6.45) is 5.12. The molecule has 0 radical (unpaired) electrons. The molecule has 1 fully saturated rings. The highest BCUT2D eigenvalue weighted by molar-refractivity contribution is 5.86. The van der Waals surface area contributed by atoms with Crippen LogP contribution in [-0.4, -0.2) is 91.7 Å². The Morgan fingerprint density at radius 1 is 1.02 bits per heavy atom. The maximum absolute atomic E-state index is 13.4. The highest BCUT2D eigenvalue weighted by Crippen LogP contribution is 2.33. The molecular weight excluding hydrogens is 542 g/mol. The van der Waals surface area contributed by atoms with Crippen LogP contribution in [0.25, 0.3) is 16.8 Å². The molecule has 0 saturated carbocycles. The monoisotopic (exact) mass is 583 g/mol. The number of aromatic amines is 1. The van der Waals surface area contributed by atoms with Crippen LogP contribution in [-0.2, 0) is 14.3 Å². The zero-order valence-corrected chi connectivity index (χ0v) is 25.3. The van der Waals surface area contributed by atoms with Crippen molar-refractivity contribution < 1.29 is 23.9 Å². The van der Waals surface area contributed by atoms with Gasteiger partial charge < -0.3 is 25.4 Å². The van der Waals surface area contributed by atoms with E-state index in [2.05, 4.69) is 31.2 Å². The number of H-pyrrole nitrogens is 1. The average molecular weight is 584 g/mol. The lowest BCUT2D eigenvalue weighted by Gasteiger charge is -2.39. The molecule has 4 N–H and O–H groups in total. The summed E-state index contributed by atoms with van der Waals surface area (Å²) in [5.74, 6) is 0.271. The second kappa shape index (κ2) is 12.2. The number of hydrogen-bond donors (Lipinski definition) is 4. The third-order valence-electron chi connectivity index (χ3n) is 6.58. The number of likely N-dealkylation sites (tertiary alicyclic amines) is 1. The zero-order valence-electron chi connectivity index (χ0n) is 25.3. The molecule has 4 heterocycles. The fourth-order valence-corrected chi connectivity index (χ4v) is 4.76. The van der Waals surface area contributed by atoms with E-state index in [0.29, 0.717) is 18.5 Å². The standard InChI is InChI=1S/C28H41N9O5/c1-27(2,3)41-25(39)31-11-10-30-24(38)21-9-8-17(16-36(21)26(40)42-28(4,5)6)20-12-22(29-7)37-23(35-20)19(15-34-37)18-13-32-33-14-18/h12-15,17,21,29H,8-11,16H2,1-7H3,(H,30,38)(H,31,39)(H,32,33)/t17-,21-/m0/s1. The van der Waals surface area contributed by atoms with Crippen molar-refractivity contribution in [2.45, 2.75) is 77.5 Å². The lowest BCUT2D eigenvalue weighted by atomic mass is 9.89. The van der Waals surface area contributed by atoms with E-state index in [0.717, 1.165) is 22.6 Å². The van der Waals surface area contributed by atoms with Crippen LogP contribution in [0.2, 0.25) is 0 Å². The van der Waals surface area contributed by atoms with Gasteiger partial charge in [0.25, 0.3) is 0 Å². The molecule has 3 aromatic heterocycles. The van der Waals surface area contributed by atoms with Crippen molar-refractivity contribution in [2.24, 2.45) is 0 Å². The van der Waals surface area contributed by atoms with Crippen molar-refractivity contribution in [3.8, 4) is 11.1 Å². The number of fused-ring (bicyclic) bond motifs is 1.